The number of hydrogen-bond donors (Lipinski definition) is 1. The first-order valence-electron chi connectivity index (χ1n) is 5.27. The highest BCUT2D eigenvalue weighted by Gasteiger charge is 2.23. The van der Waals surface area contributed by atoms with E-state index in [1.165, 1.54) is 37.0 Å². The van der Waals surface area contributed by atoms with E-state index in [1.54, 1.807) is 11.3 Å². The standard InChI is InChI=1S/C11H16ClNS.ClH/c12-9-6-7-14-11(9)10(13)8-4-2-1-3-5-8;/h6-8,10H,1-5,13H2;1H/t10-;/m1./s1. The molecule has 1 aliphatic rings. The minimum absolute atomic E-state index is 0. The van der Waals surface area contributed by atoms with Gasteiger partial charge in [0.2, 0.25) is 0 Å². The smallest absolute Gasteiger partial charge is 0.0561 e. The topological polar surface area (TPSA) is 26.0 Å². The van der Waals surface area contributed by atoms with Gasteiger partial charge in [-0.2, -0.15) is 0 Å². The van der Waals surface area contributed by atoms with E-state index in [0.29, 0.717) is 5.92 Å². The second kappa shape index (κ2) is 6.09. The van der Waals surface area contributed by atoms with Crippen molar-refractivity contribution in [3.05, 3.63) is 21.3 Å². The number of halogens is 2. The summed E-state index contributed by atoms with van der Waals surface area (Å²) in [7, 11) is 0. The average Bonchev–Trinajstić information content (AvgIpc) is 2.65. The molecule has 15 heavy (non-hydrogen) atoms. The molecule has 1 atom stereocenters. The molecule has 0 bridgehead atoms. The van der Waals surface area contributed by atoms with Gasteiger partial charge in [-0.3, -0.25) is 0 Å². The molecule has 1 aliphatic carbocycles. The Balaban J connectivity index is 0.00000112. The largest absolute Gasteiger partial charge is 0.323 e. The number of nitrogens with two attached hydrogens (primary N) is 1. The van der Waals surface area contributed by atoms with Crippen LogP contribution in [0.2, 0.25) is 5.02 Å². The highest BCUT2D eigenvalue weighted by molar-refractivity contribution is 7.10. The summed E-state index contributed by atoms with van der Waals surface area (Å²) in [5, 5.41) is 2.88. The fourth-order valence-electron chi connectivity index (χ4n) is 2.25. The van der Waals surface area contributed by atoms with Crippen LogP contribution in [0.3, 0.4) is 0 Å². The summed E-state index contributed by atoms with van der Waals surface area (Å²) in [6, 6.07) is 2.12. The van der Waals surface area contributed by atoms with E-state index in [1.807, 2.05) is 11.4 Å². The third-order valence-corrected chi connectivity index (χ3v) is 4.57. The summed E-state index contributed by atoms with van der Waals surface area (Å²) in [6.45, 7) is 0. The Bertz CT molecular complexity index is 295. The van der Waals surface area contributed by atoms with Crippen LogP contribution in [-0.2, 0) is 0 Å². The van der Waals surface area contributed by atoms with Crippen molar-refractivity contribution in [2.75, 3.05) is 0 Å². The molecule has 0 aromatic carbocycles. The normalized spacial score (nSPS) is 19.6. The molecule has 0 saturated heterocycles. The van der Waals surface area contributed by atoms with E-state index in [4.69, 9.17) is 17.3 Å². The molecule has 1 heterocycles. The molecule has 1 saturated carbocycles. The summed E-state index contributed by atoms with van der Waals surface area (Å²) in [4.78, 5) is 1.18. The first-order valence-corrected chi connectivity index (χ1v) is 6.53. The molecule has 0 unspecified atom stereocenters. The van der Waals surface area contributed by atoms with Gasteiger partial charge < -0.3 is 5.73 Å². The number of thiophene rings is 1. The molecule has 0 spiro atoms. The Labute approximate surface area is 106 Å². The molecule has 4 heteroatoms. The van der Waals surface area contributed by atoms with Crippen LogP contribution in [-0.4, -0.2) is 0 Å². The molecule has 0 radical (unpaired) electrons. The lowest BCUT2D eigenvalue weighted by Gasteiger charge is -2.26. The lowest BCUT2D eigenvalue weighted by molar-refractivity contribution is 0.311. The van der Waals surface area contributed by atoms with Crippen LogP contribution in [0, 0.1) is 5.92 Å². The van der Waals surface area contributed by atoms with E-state index >= 15 is 0 Å². The molecule has 2 rings (SSSR count). The fourth-order valence-corrected chi connectivity index (χ4v) is 3.53. The molecular weight excluding hydrogens is 249 g/mol. The lowest BCUT2D eigenvalue weighted by atomic mass is 9.84. The SMILES string of the molecule is Cl.N[C@@H](c1sccc1Cl)C1CCCCC1. The summed E-state index contributed by atoms with van der Waals surface area (Å²) in [6.07, 6.45) is 6.59. The van der Waals surface area contributed by atoms with Crippen LogP contribution in [0.15, 0.2) is 11.4 Å². The predicted molar refractivity (Wildman–Crippen MR) is 70.1 cm³/mol. The third-order valence-electron chi connectivity index (χ3n) is 3.11. The number of rotatable bonds is 2. The molecule has 0 amide bonds. The summed E-state index contributed by atoms with van der Waals surface area (Å²) in [5.41, 5.74) is 6.24. The fraction of sp³-hybridized carbons (Fsp3) is 0.636. The lowest BCUT2D eigenvalue weighted by Crippen LogP contribution is -2.22. The van der Waals surface area contributed by atoms with Gasteiger partial charge in [0.25, 0.3) is 0 Å². The minimum Gasteiger partial charge on any atom is -0.323 e. The van der Waals surface area contributed by atoms with Gasteiger partial charge in [0.15, 0.2) is 0 Å². The van der Waals surface area contributed by atoms with Gasteiger partial charge >= 0.3 is 0 Å². The first kappa shape index (κ1) is 13.3. The molecule has 1 nitrogen and oxygen atoms in total. The van der Waals surface area contributed by atoms with E-state index in [2.05, 4.69) is 0 Å². The van der Waals surface area contributed by atoms with Crippen LogP contribution in [0.25, 0.3) is 0 Å². The van der Waals surface area contributed by atoms with Crippen molar-refractivity contribution in [2.45, 2.75) is 38.1 Å². The van der Waals surface area contributed by atoms with Gasteiger partial charge in [0, 0.05) is 10.9 Å². The predicted octanol–water partition coefficient (Wildman–Crippen LogP) is 4.40. The zero-order chi connectivity index (χ0) is 9.97. The zero-order valence-corrected chi connectivity index (χ0v) is 11.0. The quantitative estimate of drug-likeness (QED) is 0.843. The van der Waals surface area contributed by atoms with Crippen molar-refractivity contribution in [3.63, 3.8) is 0 Å². The van der Waals surface area contributed by atoms with Gasteiger partial charge in [-0.05, 0) is 30.2 Å². The van der Waals surface area contributed by atoms with E-state index in [-0.39, 0.29) is 18.4 Å². The van der Waals surface area contributed by atoms with Crippen molar-refractivity contribution in [2.24, 2.45) is 11.7 Å². The molecule has 0 aliphatic heterocycles. The van der Waals surface area contributed by atoms with Crippen molar-refractivity contribution < 1.29 is 0 Å². The Hall–Kier alpha value is 0.240. The zero-order valence-electron chi connectivity index (χ0n) is 8.62. The molecule has 1 aromatic rings. The van der Waals surface area contributed by atoms with Gasteiger partial charge in [-0.25, -0.2) is 0 Å². The second-order valence-corrected chi connectivity index (χ2v) is 5.41. The summed E-state index contributed by atoms with van der Waals surface area (Å²) < 4.78 is 0. The summed E-state index contributed by atoms with van der Waals surface area (Å²) >= 11 is 7.78. The van der Waals surface area contributed by atoms with Gasteiger partial charge in [-0.15, -0.1) is 23.7 Å². The monoisotopic (exact) mass is 265 g/mol. The van der Waals surface area contributed by atoms with E-state index in [0.717, 1.165) is 5.02 Å². The Kier molecular flexibility index (Phi) is 5.41. The minimum atomic E-state index is 0. The molecule has 2 N–H and O–H groups in total. The maximum Gasteiger partial charge on any atom is 0.0561 e. The van der Waals surface area contributed by atoms with Crippen LogP contribution < -0.4 is 5.73 Å². The van der Waals surface area contributed by atoms with Crippen LogP contribution in [0.4, 0.5) is 0 Å². The molecule has 1 fully saturated rings. The van der Waals surface area contributed by atoms with Crippen LogP contribution >= 0.6 is 35.3 Å². The molecule has 1 aromatic heterocycles. The van der Waals surface area contributed by atoms with E-state index < -0.39 is 0 Å². The maximum absolute atomic E-state index is 6.24. The Morgan fingerprint density at radius 2 is 2.00 bits per heavy atom. The maximum atomic E-state index is 6.24. The number of hydrogen-bond acceptors (Lipinski definition) is 2. The highest BCUT2D eigenvalue weighted by atomic mass is 35.5. The highest BCUT2D eigenvalue weighted by Crippen LogP contribution is 2.37. The van der Waals surface area contributed by atoms with Gasteiger partial charge in [0.1, 0.15) is 0 Å². The van der Waals surface area contributed by atoms with Gasteiger partial charge in [-0.1, -0.05) is 30.9 Å². The Morgan fingerprint density at radius 3 is 2.53 bits per heavy atom. The van der Waals surface area contributed by atoms with Crippen molar-refractivity contribution in [3.8, 4) is 0 Å². The van der Waals surface area contributed by atoms with Crippen LogP contribution in [0.5, 0.6) is 0 Å². The molecular formula is C11H17Cl2NS. The Morgan fingerprint density at radius 1 is 1.33 bits per heavy atom. The van der Waals surface area contributed by atoms with E-state index in [9.17, 15) is 0 Å². The average molecular weight is 266 g/mol. The van der Waals surface area contributed by atoms with Crippen molar-refractivity contribution in [1.82, 2.24) is 0 Å². The second-order valence-electron chi connectivity index (χ2n) is 4.06. The van der Waals surface area contributed by atoms with Gasteiger partial charge in [0.05, 0.1) is 5.02 Å². The van der Waals surface area contributed by atoms with Crippen LogP contribution in [0.1, 0.15) is 43.0 Å². The first-order chi connectivity index (χ1) is 6.79. The summed E-state index contributed by atoms with van der Waals surface area (Å²) in [5.74, 6) is 0.653. The molecule has 86 valence electrons. The third kappa shape index (κ3) is 3.10. The van der Waals surface area contributed by atoms with Crippen molar-refractivity contribution >= 4 is 35.3 Å². The van der Waals surface area contributed by atoms with Crippen molar-refractivity contribution in [1.29, 1.82) is 0 Å².